The summed E-state index contributed by atoms with van der Waals surface area (Å²) in [5, 5.41) is 13.2. The molecule has 0 radical (unpaired) electrons. The first-order valence-corrected chi connectivity index (χ1v) is 14.8. The Morgan fingerprint density at radius 1 is 1.10 bits per heavy atom. The van der Waals surface area contributed by atoms with Crippen molar-refractivity contribution in [3.05, 3.63) is 30.5 Å². The molecule has 2 aliphatic heterocycles. The lowest BCUT2D eigenvalue weighted by Crippen LogP contribution is -2.36. The van der Waals surface area contributed by atoms with Crippen LogP contribution in [-0.2, 0) is 4.74 Å². The van der Waals surface area contributed by atoms with E-state index in [-0.39, 0.29) is 17.3 Å². The van der Waals surface area contributed by atoms with Crippen LogP contribution in [0.2, 0.25) is 0 Å². The highest BCUT2D eigenvalue weighted by atomic mass is 16.5. The molecule has 3 aliphatic rings. The lowest BCUT2D eigenvalue weighted by molar-refractivity contribution is 0.122. The fourth-order valence-corrected chi connectivity index (χ4v) is 6.37. The molecule has 3 heterocycles. The minimum atomic E-state index is -0.867. The van der Waals surface area contributed by atoms with Gasteiger partial charge in [-0.05, 0) is 60.6 Å². The lowest BCUT2D eigenvalue weighted by atomic mass is 9.75. The Morgan fingerprint density at radius 3 is 2.45 bits per heavy atom. The molecule has 2 N–H and O–H groups in total. The standard InChI is InChI=1S/C31H45N5O4/c1-21-5-9-24(10-6-21)33-29-32-17-26(22-7-11-25(12-8-22)35-13-15-39-16-14-35)28(34-29)40-20-23-18-36(30(37)38)19-27(23)31(2,3)4/h7-8,11-12,17,21,23-24,27H,5-6,9-10,13-16,18-20H2,1-4H3,(H,37,38)(H,32,33,34). The number of amides is 1. The molecule has 2 aromatic rings. The molecule has 1 saturated carbocycles. The predicted octanol–water partition coefficient (Wildman–Crippen LogP) is 5.62. The summed E-state index contributed by atoms with van der Waals surface area (Å²) in [4.78, 5) is 25.2. The zero-order chi connectivity index (χ0) is 28.3. The summed E-state index contributed by atoms with van der Waals surface area (Å²) >= 11 is 0. The van der Waals surface area contributed by atoms with Crippen LogP contribution < -0.4 is 15.0 Å². The van der Waals surface area contributed by atoms with Crippen molar-refractivity contribution in [3.63, 3.8) is 0 Å². The number of aromatic nitrogens is 2. The smallest absolute Gasteiger partial charge is 0.407 e. The van der Waals surface area contributed by atoms with E-state index in [9.17, 15) is 9.90 Å². The molecule has 0 spiro atoms. The Labute approximate surface area is 238 Å². The first-order valence-electron chi connectivity index (χ1n) is 14.8. The molecular formula is C31H45N5O4. The number of carboxylic acid groups (broad SMARTS) is 1. The van der Waals surface area contributed by atoms with Gasteiger partial charge in [-0.25, -0.2) is 9.78 Å². The van der Waals surface area contributed by atoms with Gasteiger partial charge >= 0.3 is 6.09 Å². The van der Waals surface area contributed by atoms with Gasteiger partial charge in [0.05, 0.1) is 25.4 Å². The molecule has 3 fully saturated rings. The van der Waals surface area contributed by atoms with E-state index in [1.807, 2.05) is 6.20 Å². The van der Waals surface area contributed by atoms with Crippen LogP contribution in [-0.4, -0.2) is 78.1 Å². The van der Waals surface area contributed by atoms with Crippen LogP contribution >= 0.6 is 0 Å². The average Bonchev–Trinajstić information content (AvgIpc) is 3.40. The van der Waals surface area contributed by atoms with E-state index in [4.69, 9.17) is 19.4 Å². The Kier molecular flexibility index (Phi) is 8.68. The second-order valence-corrected chi connectivity index (χ2v) is 12.9. The maximum atomic E-state index is 11.8. The van der Waals surface area contributed by atoms with Gasteiger partial charge in [-0.3, -0.25) is 0 Å². The highest BCUT2D eigenvalue weighted by molar-refractivity contribution is 5.70. The Bertz CT molecular complexity index is 1140. The van der Waals surface area contributed by atoms with E-state index in [2.05, 4.69) is 62.2 Å². The van der Waals surface area contributed by atoms with Crippen molar-refractivity contribution in [2.24, 2.45) is 23.2 Å². The maximum absolute atomic E-state index is 11.8. The van der Waals surface area contributed by atoms with Gasteiger partial charge in [0.1, 0.15) is 0 Å². The topological polar surface area (TPSA) is 100 Å². The highest BCUT2D eigenvalue weighted by Crippen LogP contribution is 2.39. The molecule has 9 heteroatoms. The molecule has 1 aliphatic carbocycles. The molecule has 2 atom stereocenters. The molecular weight excluding hydrogens is 506 g/mol. The lowest BCUT2D eigenvalue weighted by Gasteiger charge is -2.31. The van der Waals surface area contributed by atoms with Crippen LogP contribution in [0.1, 0.15) is 53.4 Å². The number of ether oxygens (including phenoxy) is 2. The average molecular weight is 552 g/mol. The number of anilines is 2. The van der Waals surface area contributed by atoms with Gasteiger partial charge in [-0.15, -0.1) is 0 Å². The van der Waals surface area contributed by atoms with Crippen molar-refractivity contribution in [1.82, 2.24) is 14.9 Å². The third-order valence-corrected chi connectivity index (χ3v) is 8.92. The summed E-state index contributed by atoms with van der Waals surface area (Å²) in [6, 6.07) is 8.85. The van der Waals surface area contributed by atoms with Gasteiger partial charge in [0.15, 0.2) is 0 Å². The third-order valence-electron chi connectivity index (χ3n) is 8.92. The van der Waals surface area contributed by atoms with E-state index < -0.39 is 6.09 Å². The fourth-order valence-electron chi connectivity index (χ4n) is 6.37. The molecule has 1 amide bonds. The van der Waals surface area contributed by atoms with Crippen molar-refractivity contribution in [2.75, 3.05) is 56.2 Å². The van der Waals surface area contributed by atoms with Crippen LogP contribution in [0.3, 0.4) is 0 Å². The third kappa shape index (κ3) is 6.79. The van der Waals surface area contributed by atoms with Crippen LogP contribution in [0.15, 0.2) is 30.5 Å². The van der Waals surface area contributed by atoms with Gasteiger partial charge in [-0.2, -0.15) is 4.98 Å². The van der Waals surface area contributed by atoms with Crippen LogP contribution in [0, 0.1) is 23.2 Å². The monoisotopic (exact) mass is 551 g/mol. The number of likely N-dealkylation sites (tertiary alicyclic amines) is 1. The largest absolute Gasteiger partial charge is 0.477 e. The number of nitrogens with zero attached hydrogens (tertiary/aromatic N) is 4. The van der Waals surface area contributed by atoms with E-state index in [1.165, 1.54) is 23.4 Å². The SMILES string of the molecule is CC1CCC(Nc2ncc(-c3ccc(N4CCOCC4)cc3)c(OCC3CN(C(=O)O)CC3C(C)(C)C)n2)CC1. The normalized spacial score (nSPS) is 25.6. The van der Waals surface area contributed by atoms with Gasteiger partial charge in [0.25, 0.3) is 0 Å². The second-order valence-electron chi connectivity index (χ2n) is 12.9. The zero-order valence-electron chi connectivity index (χ0n) is 24.4. The van der Waals surface area contributed by atoms with Gasteiger partial charge in [-0.1, -0.05) is 39.8 Å². The molecule has 9 nitrogen and oxygen atoms in total. The number of rotatable bonds is 7. The summed E-state index contributed by atoms with van der Waals surface area (Å²) in [5.74, 6) is 2.19. The van der Waals surface area contributed by atoms with Gasteiger partial charge < -0.3 is 29.7 Å². The Hall–Kier alpha value is -3.07. The maximum Gasteiger partial charge on any atom is 0.407 e. The second kappa shape index (κ2) is 12.2. The molecule has 1 aromatic carbocycles. The molecule has 0 bridgehead atoms. The minimum Gasteiger partial charge on any atom is -0.477 e. The van der Waals surface area contributed by atoms with E-state index in [0.29, 0.717) is 37.6 Å². The number of benzene rings is 1. The van der Waals surface area contributed by atoms with Gasteiger partial charge in [0, 0.05) is 50.0 Å². The predicted molar refractivity (Wildman–Crippen MR) is 157 cm³/mol. The van der Waals surface area contributed by atoms with E-state index >= 15 is 0 Å². The first-order chi connectivity index (χ1) is 19.2. The van der Waals surface area contributed by atoms with Crippen molar-refractivity contribution in [2.45, 2.75) is 59.4 Å². The number of morpholine rings is 1. The molecule has 5 rings (SSSR count). The number of carbonyl (C=O) groups is 1. The quantitative estimate of drug-likeness (QED) is 0.457. The van der Waals surface area contributed by atoms with Gasteiger partial charge in [0.2, 0.25) is 11.8 Å². The summed E-state index contributed by atoms with van der Waals surface area (Å²) in [6.07, 6.45) is 5.65. The Morgan fingerprint density at radius 2 is 1.80 bits per heavy atom. The molecule has 40 heavy (non-hydrogen) atoms. The molecule has 2 saturated heterocycles. The summed E-state index contributed by atoms with van der Waals surface area (Å²) < 4.78 is 12.0. The fraction of sp³-hybridized carbons (Fsp3) is 0.645. The zero-order valence-corrected chi connectivity index (χ0v) is 24.4. The number of hydrogen-bond donors (Lipinski definition) is 2. The van der Waals surface area contributed by atoms with Crippen LogP contribution in [0.25, 0.3) is 11.1 Å². The summed E-state index contributed by atoms with van der Waals surface area (Å²) in [7, 11) is 0. The van der Waals surface area contributed by atoms with Crippen molar-refractivity contribution in [1.29, 1.82) is 0 Å². The van der Waals surface area contributed by atoms with Crippen molar-refractivity contribution in [3.8, 4) is 17.0 Å². The van der Waals surface area contributed by atoms with Crippen LogP contribution in [0.5, 0.6) is 5.88 Å². The van der Waals surface area contributed by atoms with Crippen molar-refractivity contribution < 1.29 is 19.4 Å². The number of hydrogen-bond acceptors (Lipinski definition) is 7. The van der Waals surface area contributed by atoms with Crippen LogP contribution in [0.4, 0.5) is 16.4 Å². The molecule has 2 unspecified atom stereocenters. The summed E-state index contributed by atoms with van der Waals surface area (Å²) in [6.45, 7) is 13.5. The van der Waals surface area contributed by atoms with E-state index in [1.54, 1.807) is 0 Å². The minimum absolute atomic E-state index is 0.0348. The Balaban J connectivity index is 1.37. The van der Waals surface area contributed by atoms with E-state index in [0.717, 1.165) is 56.2 Å². The highest BCUT2D eigenvalue weighted by Gasteiger charge is 2.42. The summed E-state index contributed by atoms with van der Waals surface area (Å²) in [5.41, 5.74) is 2.98. The van der Waals surface area contributed by atoms with Crippen molar-refractivity contribution >= 4 is 17.7 Å². The molecule has 1 aromatic heterocycles. The molecule has 218 valence electrons. The first kappa shape index (κ1) is 28.5. The number of nitrogens with one attached hydrogen (secondary N) is 1.